The number of carbonyl (C=O) groups excluding carboxylic acids is 1. The van der Waals surface area contributed by atoms with E-state index in [2.05, 4.69) is 10.4 Å². The molecule has 4 N–H and O–H groups in total. The second kappa shape index (κ2) is 7.27. The molecule has 6 nitrogen and oxygen atoms in total. The van der Waals surface area contributed by atoms with Gasteiger partial charge in [-0.15, -0.1) is 0 Å². The number of nitrogens with two attached hydrogens (primary N) is 1. The molecule has 7 heteroatoms. The van der Waals surface area contributed by atoms with Crippen LogP contribution in [0.15, 0.2) is 0 Å². The van der Waals surface area contributed by atoms with Crippen molar-refractivity contribution in [3.63, 3.8) is 0 Å². The Bertz CT molecular complexity index is 406. The van der Waals surface area contributed by atoms with Gasteiger partial charge in [0.25, 0.3) is 5.91 Å². The molecule has 1 amide bonds. The second-order valence-electron chi connectivity index (χ2n) is 3.92. The largest absolute Gasteiger partial charge is 0.396 e. The maximum atomic E-state index is 11.9. The minimum Gasteiger partial charge on any atom is -0.396 e. The predicted octanol–water partition coefficient (Wildman–Crippen LogP) is 0.156. The first-order valence-corrected chi connectivity index (χ1v) is 6.99. The molecule has 1 rings (SSSR count). The lowest BCUT2D eigenvalue weighted by atomic mass is 10.3. The van der Waals surface area contributed by atoms with Crippen molar-refractivity contribution in [2.75, 3.05) is 30.4 Å². The van der Waals surface area contributed by atoms with Crippen molar-refractivity contribution in [3.8, 4) is 0 Å². The summed E-state index contributed by atoms with van der Waals surface area (Å²) in [4.78, 5) is 11.9. The summed E-state index contributed by atoms with van der Waals surface area (Å²) < 4.78 is 1.50. The lowest BCUT2D eigenvalue weighted by Crippen LogP contribution is -2.28. The second-order valence-corrected chi connectivity index (χ2v) is 5.14. The predicted molar refractivity (Wildman–Crippen MR) is 73.7 cm³/mol. The van der Waals surface area contributed by atoms with E-state index in [0.717, 1.165) is 17.9 Å². The standard InChI is InChI=1S/C11H20N4O2S/c1-8-9(12)10(15(2)14-8)11(17)13-4-7-18-6-3-5-16/h16H,3-7,12H2,1-2H3,(H,13,17). The summed E-state index contributed by atoms with van der Waals surface area (Å²) in [5.41, 5.74) is 7.31. The van der Waals surface area contributed by atoms with E-state index >= 15 is 0 Å². The van der Waals surface area contributed by atoms with Gasteiger partial charge < -0.3 is 16.2 Å². The van der Waals surface area contributed by atoms with Gasteiger partial charge in [0.05, 0.1) is 11.4 Å². The van der Waals surface area contributed by atoms with Crippen molar-refractivity contribution < 1.29 is 9.90 Å². The maximum absolute atomic E-state index is 11.9. The van der Waals surface area contributed by atoms with Gasteiger partial charge in [-0.2, -0.15) is 16.9 Å². The van der Waals surface area contributed by atoms with Gasteiger partial charge in [0.2, 0.25) is 0 Å². The molecule has 0 radical (unpaired) electrons. The molecule has 102 valence electrons. The zero-order valence-corrected chi connectivity index (χ0v) is 11.6. The van der Waals surface area contributed by atoms with Crippen molar-refractivity contribution in [1.82, 2.24) is 15.1 Å². The van der Waals surface area contributed by atoms with Gasteiger partial charge in [-0.25, -0.2) is 0 Å². The Kier molecular flexibility index (Phi) is 6.00. The molecule has 1 aromatic heterocycles. The Morgan fingerprint density at radius 2 is 2.28 bits per heavy atom. The molecular formula is C11H20N4O2S. The van der Waals surface area contributed by atoms with Crippen LogP contribution in [0.2, 0.25) is 0 Å². The van der Waals surface area contributed by atoms with Crippen molar-refractivity contribution in [3.05, 3.63) is 11.4 Å². The molecule has 0 aliphatic heterocycles. The van der Waals surface area contributed by atoms with Crippen LogP contribution in [0, 0.1) is 6.92 Å². The zero-order chi connectivity index (χ0) is 13.5. The van der Waals surface area contributed by atoms with E-state index in [9.17, 15) is 4.79 Å². The van der Waals surface area contributed by atoms with Crippen LogP contribution in [0.5, 0.6) is 0 Å². The Labute approximate surface area is 111 Å². The van der Waals surface area contributed by atoms with Crippen molar-refractivity contribution in [1.29, 1.82) is 0 Å². The van der Waals surface area contributed by atoms with Crippen LogP contribution in [0.1, 0.15) is 22.6 Å². The molecule has 1 heterocycles. The molecule has 0 saturated carbocycles. The first kappa shape index (κ1) is 14.8. The fourth-order valence-corrected chi connectivity index (χ4v) is 2.32. The van der Waals surface area contributed by atoms with E-state index in [4.69, 9.17) is 10.8 Å². The molecule has 1 aromatic rings. The summed E-state index contributed by atoms with van der Waals surface area (Å²) in [6.45, 7) is 2.57. The number of thioether (sulfide) groups is 1. The van der Waals surface area contributed by atoms with Crippen LogP contribution in [-0.2, 0) is 7.05 Å². The Morgan fingerprint density at radius 1 is 1.56 bits per heavy atom. The summed E-state index contributed by atoms with van der Waals surface area (Å²) in [5.74, 6) is 1.53. The molecule has 0 unspecified atom stereocenters. The highest BCUT2D eigenvalue weighted by Gasteiger charge is 2.16. The topological polar surface area (TPSA) is 93.2 Å². The molecule has 0 aromatic carbocycles. The highest BCUT2D eigenvalue weighted by molar-refractivity contribution is 7.99. The molecule has 0 fully saturated rings. The Hall–Kier alpha value is -1.21. The van der Waals surface area contributed by atoms with Gasteiger partial charge in [-0.3, -0.25) is 9.48 Å². The normalized spacial score (nSPS) is 10.6. The zero-order valence-electron chi connectivity index (χ0n) is 10.8. The molecule has 0 spiro atoms. The summed E-state index contributed by atoms with van der Waals surface area (Å²) in [5, 5.41) is 15.5. The van der Waals surface area contributed by atoms with Gasteiger partial charge in [0, 0.05) is 26.0 Å². The first-order chi connectivity index (χ1) is 8.57. The molecule has 0 saturated heterocycles. The van der Waals surface area contributed by atoms with Crippen LogP contribution < -0.4 is 11.1 Å². The summed E-state index contributed by atoms with van der Waals surface area (Å²) in [6.07, 6.45) is 0.784. The fraction of sp³-hybridized carbons (Fsp3) is 0.636. The minimum atomic E-state index is -0.196. The lowest BCUT2D eigenvalue weighted by molar-refractivity contribution is 0.0947. The van der Waals surface area contributed by atoms with E-state index in [1.807, 2.05) is 0 Å². The minimum absolute atomic E-state index is 0.196. The highest BCUT2D eigenvalue weighted by Crippen LogP contribution is 2.14. The molecule has 0 aliphatic rings. The third-order valence-electron chi connectivity index (χ3n) is 2.46. The van der Waals surface area contributed by atoms with E-state index < -0.39 is 0 Å². The van der Waals surface area contributed by atoms with Crippen LogP contribution in [0.3, 0.4) is 0 Å². The van der Waals surface area contributed by atoms with Gasteiger partial charge >= 0.3 is 0 Å². The lowest BCUT2D eigenvalue weighted by Gasteiger charge is -2.06. The highest BCUT2D eigenvalue weighted by atomic mass is 32.2. The van der Waals surface area contributed by atoms with Gasteiger partial charge in [-0.05, 0) is 19.1 Å². The number of aliphatic hydroxyl groups excluding tert-OH is 1. The number of nitrogens with zero attached hydrogens (tertiary/aromatic N) is 2. The summed E-state index contributed by atoms with van der Waals surface area (Å²) >= 11 is 1.70. The number of aromatic nitrogens is 2. The van der Waals surface area contributed by atoms with E-state index in [1.165, 1.54) is 4.68 Å². The number of anilines is 1. The molecule has 0 aliphatic carbocycles. The number of carbonyl (C=O) groups is 1. The van der Waals surface area contributed by atoms with E-state index in [0.29, 0.717) is 23.6 Å². The third kappa shape index (κ3) is 3.92. The molecule has 0 atom stereocenters. The van der Waals surface area contributed by atoms with Crippen LogP contribution in [-0.4, -0.2) is 45.5 Å². The van der Waals surface area contributed by atoms with Crippen LogP contribution in [0.25, 0.3) is 0 Å². The Morgan fingerprint density at radius 3 is 2.83 bits per heavy atom. The molecule has 18 heavy (non-hydrogen) atoms. The van der Waals surface area contributed by atoms with Crippen molar-refractivity contribution in [2.45, 2.75) is 13.3 Å². The van der Waals surface area contributed by atoms with Gasteiger partial charge in [-0.1, -0.05) is 0 Å². The number of hydrogen-bond donors (Lipinski definition) is 3. The summed E-state index contributed by atoms with van der Waals surface area (Å²) in [7, 11) is 1.70. The van der Waals surface area contributed by atoms with Gasteiger partial charge in [0.15, 0.2) is 0 Å². The Balaban J connectivity index is 2.37. The SMILES string of the molecule is Cc1nn(C)c(C(=O)NCCSCCCO)c1N. The summed E-state index contributed by atoms with van der Waals surface area (Å²) in [6, 6.07) is 0. The maximum Gasteiger partial charge on any atom is 0.271 e. The quantitative estimate of drug-likeness (QED) is 0.615. The monoisotopic (exact) mass is 272 g/mol. The number of amides is 1. The molecule has 0 bridgehead atoms. The average Bonchev–Trinajstić information content (AvgIpc) is 2.58. The van der Waals surface area contributed by atoms with E-state index in [1.54, 1.807) is 25.7 Å². The van der Waals surface area contributed by atoms with Crippen LogP contribution in [0.4, 0.5) is 5.69 Å². The molecular weight excluding hydrogens is 252 g/mol. The third-order valence-corrected chi connectivity index (χ3v) is 3.53. The van der Waals surface area contributed by atoms with Crippen molar-refractivity contribution >= 4 is 23.4 Å². The number of rotatable bonds is 7. The van der Waals surface area contributed by atoms with Gasteiger partial charge in [0.1, 0.15) is 5.69 Å². The number of aryl methyl sites for hydroxylation is 2. The number of nitrogen functional groups attached to an aromatic ring is 1. The average molecular weight is 272 g/mol. The smallest absolute Gasteiger partial charge is 0.271 e. The first-order valence-electron chi connectivity index (χ1n) is 5.83. The van der Waals surface area contributed by atoms with Crippen LogP contribution >= 0.6 is 11.8 Å². The van der Waals surface area contributed by atoms with E-state index in [-0.39, 0.29) is 12.5 Å². The number of nitrogens with one attached hydrogen (secondary N) is 1. The van der Waals surface area contributed by atoms with Crippen molar-refractivity contribution in [2.24, 2.45) is 7.05 Å². The number of hydrogen-bond acceptors (Lipinski definition) is 5. The number of aliphatic hydroxyl groups is 1. The fourth-order valence-electron chi connectivity index (χ4n) is 1.53.